The fourth-order valence-corrected chi connectivity index (χ4v) is 4.03. The molecule has 6 nitrogen and oxygen atoms in total. The molecule has 0 unspecified atom stereocenters. The van der Waals surface area contributed by atoms with E-state index in [0.717, 1.165) is 19.3 Å². The number of carbonyl (C=O) groups is 1. The van der Waals surface area contributed by atoms with Crippen LogP contribution in [0.5, 0.6) is 5.75 Å². The highest BCUT2D eigenvalue weighted by atomic mass is 35.5. The summed E-state index contributed by atoms with van der Waals surface area (Å²) in [5, 5.41) is 17.6. The van der Waals surface area contributed by atoms with E-state index in [9.17, 15) is 9.90 Å². The van der Waals surface area contributed by atoms with Crippen LogP contribution >= 0.6 is 23.2 Å². The zero-order valence-electron chi connectivity index (χ0n) is 15.5. The third-order valence-corrected chi connectivity index (χ3v) is 5.72. The van der Waals surface area contributed by atoms with Gasteiger partial charge in [-0.3, -0.25) is 4.79 Å². The van der Waals surface area contributed by atoms with Crippen molar-refractivity contribution in [2.75, 3.05) is 13.1 Å². The standard InChI is InChI=1S/C21H19Cl2N3O3/c22-16-11-15(12-17(23)18(16)27)19-24-25-20(29-19)21(28)26-8-6-14(7-9-26)10-13-4-2-1-3-5-13/h1-5,11-12,14,27H,6-10H2. The number of phenolic OH excluding ortho intramolecular Hbond substituents is 1. The molecule has 0 radical (unpaired) electrons. The Morgan fingerprint density at radius 2 is 1.76 bits per heavy atom. The molecule has 4 rings (SSSR count). The van der Waals surface area contributed by atoms with Crippen molar-refractivity contribution in [3.63, 3.8) is 0 Å². The van der Waals surface area contributed by atoms with Gasteiger partial charge in [0.05, 0.1) is 10.0 Å². The molecule has 1 amide bonds. The predicted octanol–water partition coefficient (Wildman–Crippen LogP) is 4.84. The molecule has 3 aromatic rings. The summed E-state index contributed by atoms with van der Waals surface area (Å²) in [4.78, 5) is 14.5. The van der Waals surface area contributed by atoms with E-state index in [0.29, 0.717) is 24.6 Å². The first-order valence-electron chi connectivity index (χ1n) is 9.36. The summed E-state index contributed by atoms with van der Waals surface area (Å²) in [5.74, 6) is 0.114. The number of hydrogen-bond acceptors (Lipinski definition) is 5. The van der Waals surface area contributed by atoms with Crippen molar-refractivity contribution >= 4 is 29.1 Å². The van der Waals surface area contributed by atoms with Crippen LogP contribution in [-0.2, 0) is 6.42 Å². The SMILES string of the molecule is O=C(c1nnc(-c2cc(Cl)c(O)c(Cl)c2)o1)N1CCC(Cc2ccccc2)CC1. The minimum absolute atomic E-state index is 0.0678. The number of halogens is 2. The third-order valence-electron chi connectivity index (χ3n) is 5.14. The van der Waals surface area contributed by atoms with Crippen molar-refractivity contribution in [2.45, 2.75) is 19.3 Å². The summed E-state index contributed by atoms with van der Waals surface area (Å²) in [6.07, 6.45) is 2.89. The molecule has 29 heavy (non-hydrogen) atoms. The van der Waals surface area contributed by atoms with Crippen LogP contribution in [0.15, 0.2) is 46.9 Å². The second-order valence-electron chi connectivity index (χ2n) is 7.13. The minimum Gasteiger partial charge on any atom is -0.505 e. The molecular weight excluding hydrogens is 413 g/mol. The zero-order chi connectivity index (χ0) is 20.4. The van der Waals surface area contributed by atoms with Crippen LogP contribution < -0.4 is 0 Å². The molecule has 0 atom stereocenters. The number of rotatable bonds is 4. The van der Waals surface area contributed by atoms with E-state index >= 15 is 0 Å². The fraction of sp³-hybridized carbons (Fsp3) is 0.286. The van der Waals surface area contributed by atoms with Crippen molar-refractivity contribution in [3.05, 3.63) is 64.0 Å². The van der Waals surface area contributed by atoms with E-state index in [1.165, 1.54) is 17.7 Å². The smallest absolute Gasteiger partial charge is 0.311 e. The quantitative estimate of drug-likeness (QED) is 0.638. The van der Waals surface area contributed by atoms with Gasteiger partial charge in [0.1, 0.15) is 0 Å². The van der Waals surface area contributed by atoms with Crippen LogP contribution in [0.25, 0.3) is 11.5 Å². The molecule has 1 aromatic heterocycles. The highest BCUT2D eigenvalue weighted by Crippen LogP contribution is 2.36. The van der Waals surface area contributed by atoms with Gasteiger partial charge in [-0.05, 0) is 42.9 Å². The van der Waals surface area contributed by atoms with Gasteiger partial charge in [-0.25, -0.2) is 0 Å². The Hall–Kier alpha value is -2.57. The van der Waals surface area contributed by atoms with Crippen molar-refractivity contribution in [1.82, 2.24) is 15.1 Å². The number of aromatic hydroxyl groups is 1. The van der Waals surface area contributed by atoms with Crippen LogP contribution in [0.2, 0.25) is 10.0 Å². The van der Waals surface area contributed by atoms with Gasteiger partial charge in [0.2, 0.25) is 5.89 Å². The Morgan fingerprint density at radius 3 is 2.41 bits per heavy atom. The topological polar surface area (TPSA) is 79.5 Å². The molecule has 1 fully saturated rings. The van der Waals surface area contributed by atoms with Gasteiger partial charge in [-0.15, -0.1) is 10.2 Å². The molecule has 1 saturated heterocycles. The molecule has 1 aliphatic rings. The Balaban J connectivity index is 1.40. The van der Waals surface area contributed by atoms with Gasteiger partial charge < -0.3 is 14.4 Å². The first kappa shape index (κ1) is 19.7. The number of carbonyl (C=O) groups excluding carboxylic acids is 1. The van der Waals surface area contributed by atoms with Gasteiger partial charge in [0, 0.05) is 18.7 Å². The summed E-state index contributed by atoms with van der Waals surface area (Å²) in [7, 11) is 0. The lowest BCUT2D eigenvalue weighted by molar-refractivity contribution is 0.0651. The molecular formula is C21H19Cl2N3O3. The Kier molecular flexibility index (Phi) is 5.74. The molecule has 150 valence electrons. The lowest BCUT2D eigenvalue weighted by atomic mass is 9.90. The summed E-state index contributed by atoms with van der Waals surface area (Å²) in [6.45, 7) is 1.32. The Labute approximate surface area is 178 Å². The van der Waals surface area contributed by atoms with Crippen molar-refractivity contribution in [3.8, 4) is 17.2 Å². The normalized spacial score (nSPS) is 14.9. The molecule has 2 aromatic carbocycles. The second kappa shape index (κ2) is 8.43. The van der Waals surface area contributed by atoms with Gasteiger partial charge in [0.15, 0.2) is 5.75 Å². The molecule has 0 spiro atoms. The van der Waals surface area contributed by atoms with Crippen LogP contribution in [0.1, 0.15) is 29.1 Å². The van der Waals surface area contributed by atoms with E-state index in [4.69, 9.17) is 27.6 Å². The molecule has 1 N–H and O–H groups in total. The number of likely N-dealkylation sites (tertiary alicyclic amines) is 1. The monoisotopic (exact) mass is 431 g/mol. The van der Waals surface area contributed by atoms with E-state index in [-0.39, 0.29) is 33.5 Å². The lowest BCUT2D eigenvalue weighted by Gasteiger charge is -2.31. The number of benzene rings is 2. The first-order chi connectivity index (χ1) is 14.0. The molecule has 8 heteroatoms. The molecule has 1 aliphatic heterocycles. The molecule has 0 bridgehead atoms. The van der Waals surface area contributed by atoms with Crippen LogP contribution in [-0.4, -0.2) is 39.2 Å². The number of amides is 1. The number of hydrogen-bond donors (Lipinski definition) is 1. The van der Waals surface area contributed by atoms with Crippen LogP contribution in [0.3, 0.4) is 0 Å². The van der Waals surface area contributed by atoms with E-state index < -0.39 is 0 Å². The van der Waals surface area contributed by atoms with Gasteiger partial charge in [-0.1, -0.05) is 53.5 Å². The molecule has 0 aliphatic carbocycles. The summed E-state index contributed by atoms with van der Waals surface area (Å²) in [6, 6.07) is 13.3. The average molecular weight is 432 g/mol. The maximum Gasteiger partial charge on any atom is 0.311 e. The zero-order valence-corrected chi connectivity index (χ0v) is 17.0. The minimum atomic E-state index is -0.280. The second-order valence-corrected chi connectivity index (χ2v) is 7.94. The summed E-state index contributed by atoms with van der Waals surface area (Å²) < 4.78 is 5.54. The van der Waals surface area contributed by atoms with E-state index in [1.807, 2.05) is 6.07 Å². The highest BCUT2D eigenvalue weighted by molar-refractivity contribution is 6.37. The largest absolute Gasteiger partial charge is 0.505 e. The first-order valence-corrected chi connectivity index (χ1v) is 10.1. The molecule has 2 heterocycles. The maximum atomic E-state index is 12.7. The molecule has 0 saturated carbocycles. The maximum absolute atomic E-state index is 12.7. The van der Waals surface area contributed by atoms with E-state index in [1.54, 1.807) is 4.90 Å². The van der Waals surface area contributed by atoms with Gasteiger partial charge in [0.25, 0.3) is 0 Å². The fourth-order valence-electron chi connectivity index (χ4n) is 3.54. The van der Waals surface area contributed by atoms with E-state index in [2.05, 4.69) is 34.5 Å². The summed E-state index contributed by atoms with van der Waals surface area (Å²) in [5.41, 5.74) is 1.76. The number of piperidine rings is 1. The third kappa shape index (κ3) is 4.38. The van der Waals surface area contributed by atoms with Crippen LogP contribution in [0.4, 0.5) is 0 Å². The Morgan fingerprint density at radius 1 is 1.10 bits per heavy atom. The van der Waals surface area contributed by atoms with Crippen LogP contribution in [0, 0.1) is 5.92 Å². The van der Waals surface area contributed by atoms with Crippen molar-refractivity contribution in [2.24, 2.45) is 5.92 Å². The van der Waals surface area contributed by atoms with Gasteiger partial charge in [-0.2, -0.15) is 0 Å². The average Bonchev–Trinajstić information content (AvgIpc) is 3.23. The lowest BCUT2D eigenvalue weighted by Crippen LogP contribution is -2.39. The Bertz CT molecular complexity index is 992. The summed E-state index contributed by atoms with van der Waals surface area (Å²) >= 11 is 11.9. The number of nitrogens with zero attached hydrogens (tertiary/aromatic N) is 3. The van der Waals surface area contributed by atoms with Gasteiger partial charge >= 0.3 is 11.8 Å². The number of aromatic nitrogens is 2. The van der Waals surface area contributed by atoms with Crippen molar-refractivity contribution in [1.29, 1.82) is 0 Å². The predicted molar refractivity (Wildman–Crippen MR) is 110 cm³/mol. The van der Waals surface area contributed by atoms with Crippen molar-refractivity contribution < 1.29 is 14.3 Å². The highest BCUT2D eigenvalue weighted by Gasteiger charge is 2.27. The number of phenols is 1.